The predicted octanol–water partition coefficient (Wildman–Crippen LogP) is 5.73. The summed E-state index contributed by atoms with van der Waals surface area (Å²) in [5.41, 5.74) is 4.25. The van der Waals surface area contributed by atoms with Crippen molar-refractivity contribution in [1.82, 2.24) is 14.9 Å². The number of aryl methyl sites for hydroxylation is 1. The minimum absolute atomic E-state index is 0.00492. The van der Waals surface area contributed by atoms with Crippen LogP contribution in [0.15, 0.2) is 84.1 Å². The van der Waals surface area contributed by atoms with Crippen molar-refractivity contribution in [2.24, 2.45) is 0 Å². The summed E-state index contributed by atoms with van der Waals surface area (Å²) in [6.07, 6.45) is 7.87. The summed E-state index contributed by atoms with van der Waals surface area (Å²) < 4.78 is 2.25. The van der Waals surface area contributed by atoms with E-state index in [1.165, 1.54) is 16.5 Å². The molecule has 2 N–H and O–H groups in total. The van der Waals surface area contributed by atoms with Crippen LogP contribution in [-0.2, 0) is 6.54 Å². The third-order valence-electron chi connectivity index (χ3n) is 5.42. The number of pyridine rings is 1. The summed E-state index contributed by atoms with van der Waals surface area (Å²) in [5, 5.41) is 7.21. The second-order valence-corrected chi connectivity index (χ2v) is 8.17. The molecule has 0 radical (unpaired) electrons. The van der Waals surface area contributed by atoms with E-state index in [-0.39, 0.29) is 11.9 Å². The van der Waals surface area contributed by atoms with E-state index in [9.17, 15) is 4.79 Å². The zero-order valence-corrected chi connectivity index (χ0v) is 18.5. The Balaban J connectivity index is 1.59. The van der Waals surface area contributed by atoms with Crippen LogP contribution >= 0.6 is 11.8 Å². The molecule has 6 heteroatoms. The van der Waals surface area contributed by atoms with Crippen molar-refractivity contribution in [3.63, 3.8) is 0 Å². The number of urea groups is 1. The molecule has 0 aliphatic heterocycles. The summed E-state index contributed by atoms with van der Waals surface area (Å²) in [6.45, 7) is 3.50. The Bertz CT molecular complexity index is 1170. The number of carbonyl (C=O) groups is 1. The molecule has 1 atom stereocenters. The van der Waals surface area contributed by atoms with E-state index >= 15 is 0 Å². The van der Waals surface area contributed by atoms with Crippen molar-refractivity contribution in [2.75, 3.05) is 18.1 Å². The van der Waals surface area contributed by atoms with E-state index in [0.29, 0.717) is 6.54 Å². The van der Waals surface area contributed by atoms with Gasteiger partial charge in [-0.05, 0) is 54.6 Å². The van der Waals surface area contributed by atoms with Crippen LogP contribution < -0.4 is 10.6 Å². The number of hydrogen-bond donors (Lipinski definition) is 2. The largest absolute Gasteiger partial charge is 0.347 e. The highest BCUT2D eigenvalue weighted by Crippen LogP contribution is 2.32. The maximum Gasteiger partial charge on any atom is 0.319 e. The van der Waals surface area contributed by atoms with E-state index in [2.05, 4.69) is 63.6 Å². The Labute approximate surface area is 186 Å². The highest BCUT2D eigenvalue weighted by Gasteiger charge is 2.20. The molecule has 158 valence electrons. The quantitative estimate of drug-likeness (QED) is 0.368. The van der Waals surface area contributed by atoms with Crippen LogP contribution in [0.1, 0.15) is 24.0 Å². The van der Waals surface area contributed by atoms with Gasteiger partial charge in [0, 0.05) is 59.1 Å². The fourth-order valence-corrected chi connectivity index (χ4v) is 4.33. The maximum absolute atomic E-state index is 12.7. The minimum Gasteiger partial charge on any atom is -0.347 e. The molecule has 0 saturated carbocycles. The molecule has 5 nitrogen and oxygen atoms in total. The fourth-order valence-electron chi connectivity index (χ4n) is 3.87. The molecule has 31 heavy (non-hydrogen) atoms. The summed E-state index contributed by atoms with van der Waals surface area (Å²) in [7, 11) is 0. The molecule has 4 rings (SSSR count). The molecule has 0 fully saturated rings. The number of benzene rings is 2. The Morgan fingerprint density at radius 1 is 1.13 bits per heavy atom. The van der Waals surface area contributed by atoms with Gasteiger partial charge >= 0.3 is 6.03 Å². The Hall–Kier alpha value is -3.25. The van der Waals surface area contributed by atoms with Gasteiger partial charge in [-0.25, -0.2) is 4.79 Å². The number of thioether (sulfide) groups is 1. The highest BCUT2D eigenvalue weighted by molar-refractivity contribution is 7.98. The number of amides is 2. The summed E-state index contributed by atoms with van der Waals surface area (Å²) in [4.78, 5) is 18.1. The van der Waals surface area contributed by atoms with Gasteiger partial charge in [0.15, 0.2) is 0 Å². The average Bonchev–Trinajstić information content (AvgIpc) is 3.19. The molecule has 0 aliphatic carbocycles. The van der Waals surface area contributed by atoms with Gasteiger partial charge in [-0.3, -0.25) is 4.98 Å². The topological polar surface area (TPSA) is 59.0 Å². The smallest absolute Gasteiger partial charge is 0.319 e. The molecule has 4 aromatic rings. The van der Waals surface area contributed by atoms with E-state index < -0.39 is 0 Å². The zero-order valence-electron chi connectivity index (χ0n) is 17.7. The molecule has 2 heterocycles. The van der Waals surface area contributed by atoms with Crippen LogP contribution in [0, 0.1) is 0 Å². The first-order valence-corrected chi connectivity index (χ1v) is 11.6. The van der Waals surface area contributed by atoms with Gasteiger partial charge in [-0.15, -0.1) is 11.8 Å². The van der Waals surface area contributed by atoms with Gasteiger partial charge in [-0.2, -0.15) is 0 Å². The zero-order chi connectivity index (χ0) is 21.6. The normalized spacial score (nSPS) is 11.9. The number of carbonyl (C=O) groups excluding carboxylic acids is 1. The van der Waals surface area contributed by atoms with Crippen molar-refractivity contribution in [2.45, 2.75) is 24.3 Å². The van der Waals surface area contributed by atoms with Crippen LogP contribution in [0.3, 0.4) is 0 Å². The summed E-state index contributed by atoms with van der Waals surface area (Å²) >= 11 is 1.65. The first-order valence-electron chi connectivity index (χ1n) is 10.4. The SMILES string of the molecule is CCn1cc(C(CNC(=O)Nc2cccc(SC)c2)c2cccnc2)c2ccccc21. The Morgan fingerprint density at radius 2 is 2.00 bits per heavy atom. The Kier molecular flexibility index (Phi) is 6.57. The second-order valence-electron chi connectivity index (χ2n) is 7.29. The van der Waals surface area contributed by atoms with Crippen LogP contribution in [0.25, 0.3) is 10.9 Å². The Morgan fingerprint density at radius 3 is 2.77 bits per heavy atom. The molecule has 2 aromatic carbocycles. The number of aromatic nitrogens is 2. The van der Waals surface area contributed by atoms with Crippen LogP contribution in [-0.4, -0.2) is 28.4 Å². The number of nitrogens with zero attached hydrogens (tertiary/aromatic N) is 2. The standard InChI is InChI=1S/C25H26N4OS/c1-3-29-17-23(21-11-4-5-12-24(21)29)22(18-8-7-13-26-15-18)16-27-25(30)28-19-9-6-10-20(14-19)31-2/h4-15,17,22H,3,16H2,1-2H3,(H2,27,28,30). The second kappa shape index (κ2) is 9.71. The third kappa shape index (κ3) is 4.75. The number of hydrogen-bond acceptors (Lipinski definition) is 3. The molecule has 0 bridgehead atoms. The van der Waals surface area contributed by atoms with E-state index in [1.807, 2.05) is 42.8 Å². The molecule has 1 unspecified atom stereocenters. The molecule has 0 saturated heterocycles. The van der Waals surface area contributed by atoms with Gasteiger partial charge in [-0.1, -0.05) is 30.3 Å². The van der Waals surface area contributed by atoms with Gasteiger partial charge in [0.2, 0.25) is 0 Å². The average molecular weight is 431 g/mol. The lowest BCUT2D eigenvalue weighted by Crippen LogP contribution is -2.32. The first-order chi connectivity index (χ1) is 15.2. The molecule has 0 spiro atoms. The highest BCUT2D eigenvalue weighted by atomic mass is 32.2. The molecular weight excluding hydrogens is 404 g/mol. The summed E-state index contributed by atoms with van der Waals surface area (Å²) in [5.74, 6) is -0.00492. The van der Waals surface area contributed by atoms with Crippen molar-refractivity contribution >= 4 is 34.4 Å². The van der Waals surface area contributed by atoms with E-state index in [0.717, 1.165) is 22.7 Å². The monoisotopic (exact) mass is 430 g/mol. The lowest BCUT2D eigenvalue weighted by atomic mass is 9.92. The van der Waals surface area contributed by atoms with E-state index in [1.54, 1.807) is 18.0 Å². The molecule has 0 aliphatic rings. The number of rotatable bonds is 7. The first kappa shape index (κ1) is 21.0. The number of para-hydroxylation sites is 1. The number of fused-ring (bicyclic) bond motifs is 1. The summed E-state index contributed by atoms with van der Waals surface area (Å²) in [6, 6.07) is 20.0. The van der Waals surface area contributed by atoms with E-state index in [4.69, 9.17) is 0 Å². The fraction of sp³-hybridized carbons (Fsp3) is 0.200. The molecule has 2 amide bonds. The number of anilines is 1. The molecule has 2 aromatic heterocycles. The lowest BCUT2D eigenvalue weighted by Gasteiger charge is -2.18. The lowest BCUT2D eigenvalue weighted by molar-refractivity contribution is 0.252. The predicted molar refractivity (Wildman–Crippen MR) is 129 cm³/mol. The van der Waals surface area contributed by atoms with Crippen molar-refractivity contribution in [1.29, 1.82) is 0 Å². The van der Waals surface area contributed by atoms with Gasteiger partial charge in [0.05, 0.1) is 0 Å². The number of nitrogens with one attached hydrogen (secondary N) is 2. The van der Waals surface area contributed by atoms with Crippen molar-refractivity contribution in [3.8, 4) is 0 Å². The van der Waals surface area contributed by atoms with Crippen molar-refractivity contribution < 1.29 is 4.79 Å². The van der Waals surface area contributed by atoms with Crippen LogP contribution in [0.2, 0.25) is 0 Å². The molecular formula is C25H26N4OS. The van der Waals surface area contributed by atoms with Gasteiger partial charge < -0.3 is 15.2 Å². The van der Waals surface area contributed by atoms with Crippen LogP contribution in [0.4, 0.5) is 10.5 Å². The third-order valence-corrected chi connectivity index (χ3v) is 6.14. The van der Waals surface area contributed by atoms with Crippen LogP contribution in [0.5, 0.6) is 0 Å². The van der Waals surface area contributed by atoms with Gasteiger partial charge in [0.1, 0.15) is 0 Å². The maximum atomic E-state index is 12.7. The van der Waals surface area contributed by atoms with Gasteiger partial charge in [0.25, 0.3) is 0 Å². The van der Waals surface area contributed by atoms with Crippen molar-refractivity contribution in [3.05, 3.63) is 90.4 Å². The minimum atomic E-state index is -0.216.